The van der Waals surface area contributed by atoms with Crippen molar-refractivity contribution in [1.29, 1.82) is 0 Å². The number of H-pyrrole nitrogens is 1. The minimum absolute atomic E-state index is 0.312. The minimum atomic E-state index is -0.719. The van der Waals surface area contributed by atoms with E-state index in [1.165, 1.54) is 7.11 Å². The highest BCUT2D eigenvalue weighted by atomic mass is 79.9. The lowest BCUT2D eigenvalue weighted by molar-refractivity contribution is -0.142. The Morgan fingerprint density at radius 1 is 1.40 bits per heavy atom. The molecule has 0 radical (unpaired) electrons. The fourth-order valence-electron chi connectivity index (χ4n) is 2.98. The van der Waals surface area contributed by atoms with E-state index >= 15 is 0 Å². The number of benzene rings is 1. The number of nitrogens with one attached hydrogen (secondary N) is 2. The molecule has 7 nitrogen and oxygen atoms in total. The molecule has 132 valence electrons. The zero-order chi connectivity index (χ0) is 18.0. The fraction of sp³-hybridized carbons (Fsp3) is 0.353. The van der Waals surface area contributed by atoms with Crippen LogP contribution >= 0.6 is 15.9 Å². The summed E-state index contributed by atoms with van der Waals surface area (Å²) in [6.45, 7) is 2.12. The van der Waals surface area contributed by atoms with E-state index in [-0.39, 0.29) is 12.1 Å². The van der Waals surface area contributed by atoms with Crippen LogP contribution in [0.15, 0.2) is 35.1 Å². The number of hydrogen-bond donors (Lipinski definition) is 2. The summed E-state index contributed by atoms with van der Waals surface area (Å²) < 4.78 is 5.64. The molecule has 1 aliphatic rings. The maximum atomic E-state index is 12.8. The number of hydrogen-bond acceptors (Lipinski definition) is 4. The van der Waals surface area contributed by atoms with Gasteiger partial charge in [0.2, 0.25) is 0 Å². The predicted molar refractivity (Wildman–Crippen MR) is 95.0 cm³/mol. The molecular weight excluding hydrogens is 388 g/mol. The molecule has 0 aliphatic carbocycles. The van der Waals surface area contributed by atoms with Crippen LogP contribution in [0.5, 0.6) is 0 Å². The van der Waals surface area contributed by atoms with E-state index in [1.54, 1.807) is 18.2 Å². The molecule has 8 heteroatoms. The first-order chi connectivity index (χ1) is 12.0. The molecule has 0 saturated heterocycles. The lowest BCUT2D eigenvalue weighted by Gasteiger charge is -2.35. The van der Waals surface area contributed by atoms with Gasteiger partial charge >= 0.3 is 12.0 Å². The number of ether oxygens (including phenoxy) is 1. The van der Waals surface area contributed by atoms with Crippen LogP contribution in [0, 0.1) is 0 Å². The second-order valence-electron chi connectivity index (χ2n) is 5.86. The van der Waals surface area contributed by atoms with Gasteiger partial charge in [0.15, 0.2) is 0 Å². The second-order valence-corrected chi connectivity index (χ2v) is 6.77. The number of carbonyl (C=O) groups excluding carboxylic acids is 2. The van der Waals surface area contributed by atoms with Gasteiger partial charge in [0, 0.05) is 23.1 Å². The number of aromatic nitrogens is 2. The molecule has 1 aromatic heterocycles. The average molecular weight is 407 g/mol. The maximum absolute atomic E-state index is 12.8. The van der Waals surface area contributed by atoms with Gasteiger partial charge in [-0.3, -0.25) is 0 Å². The molecule has 2 N–H and O–H groups in total. The number of amides is 2. The van der Waals surface area contributed by atoms with E-state index in [4.69, 9.17) is 0 Å². The van der Waals surface area contributed by atoms with Gasteiger partial charge < -0.3 is 19.9 Å². The summed E-state index contributed by atoms with van der Waals surface area (Å²) in [5.41, 5.74) is 2.81. The van der Waals surface area contributed by atoms with Gasteiger partial charge in [-0.25, -0.2) is 14.6 Å². The number of nitrogens with zero attached hydrogens (tertiary/aromatic N) is 2. The molecular formula is C17H19BrN4O3. The van der Waals surface area contributed by atoms with Crippen LogP contribution in [0.25, 0.3) is 0 Å². The Bertz CT molecular complexity index is 774. The Labute approximate surface area is 153 Å². The number of methoxy groups -OCH3 is 1. The van der Waals surface area contributed by atoms with Crippen molar-refractivity contribution in [2.24, 2.45) is 0 Å². The SMILES string of the molecule is COC(=O)C(C)NC(=O)N1CCc2[nH]cnc2C1c1ccc(Br)cc1. The van der Waals surface area contributed by atoms with Crippen LogP contribution in [0.3, 0.4) is 0 Å². The number of esters is 1. The molecule has 2 aromatic rings. The first-order valence-corrected chi connectivity index (χ1v) is 8.73. The molecule has 1 aromatic carbocycles. The van der Waals surface area contributed by atoms with Crippen molar-refractivity contribution in [2.75, 3.05) is 13.7 Å². The normalized spacial score (nSPS) is 17.6. The minimum Gasteiger partial charge on any atom is -0.467 e. The highest BCUT2D eigenvalue weighted by molar-refractivity contribution is 9.10. The van der Waals surface area contributed by atoms with Crippen LogP contribution in [0.4, 0.5) is 4.79 Å². The summed E-state index contributed by atoms with van der Waals surface area (Å²) in [5, 5.41) is 2.70. The van der Waals surface area contributed by atoms with Crippen molar-refractivity contribution in [2.45, 2.75) is 25.4 Å². The Balaban J connectivity index is 1.90. The number of halogens is 1. The monoisotopic (exact) mass is 406 g/mol. The molecule has 2 amide bonds. The standard InChI is InChI=1S/C17H19BrN4O3/c1-10(16(23)25-2)21-17(24)22-8-7-13-14(20-9-19-13)15(22)11-3-5-12(18)6-4-11/h3-6,9-10,15H,7-8H2,1-2H3,(H,19,20)(H,21,24). The number of carbonyl (C=O) groups is 2. The summed E-state index contributed by atoms with van der Waals surface area (Å²) in [6.07, 6.45) is 2.33. The van der Waals surface area contributed by atoms with E-state index in [0.29, 0.717) is 13.0 Å². The molecule has 2 heterocycles. The highest BCUT2D eigenvalue weighted by Gasteiger charge is 2.35. The van der Waals surface area contributed by atoms with Gasteiger partial charge in [-0.2, -0.15) is 0 Å². The zero-order valence-corrected chi connectivity index (χ0v) is 15.5. The van der Waals surface area contributed by atoms with Crippen molar-refractivity contribution in [3.63, 3.8) is 0 Å². The molecule has 0 saturated carbocycles. The average Bonchev–Trinajstić information content (AvgIpc) is 3.09. The number of rotatable bonds is 3. The quantitative estimate of drug-likeness (QED) is 0.765. The zero-order valence-electron chi connectivity index (χ0n) is 14.0. The summed E-state index contributed by atoms with van der Waals surface area (Å²) in [7, 11) is 1.30. The molecule has 0 fully saturated rings. The van der Waals surface area contributed by atoms with Gasteiger partial charge in [0.1, 0.15) is 12.1 Å². The lowest BCUT2D eigenvalue weighted by atomic mass is 9.96. The van der Waals surface area contributed by atoms with E-state index < -0.39 is 12.0 Å². The number of urea groups is 1. The van der Waals surface area contributed by atoms with E-state index in [9.17, 15) is 9.59 Å². The van der Waals surface area contributed by atoms with E-state index in [2.05, 4.69) is 36.0 Å². The van der Waals surface area contributed by atoms with Crippen LogP contribution in [-0.4, -0.2) is 46.6 Å². The Hall–Kier alpha value is -2.35. The maximum Gasteiger partial charge on any atom is 0.328 e. The summed E-state index contributed by atoms with van der Waals surface area (Å²) in [4.78, 5) is 33.6. The van der Waals surface area contributed by atoms with Crippen LogP contribution in [0.2, 0.25) is 0 Å². The van der Waals surface area contributed by atoms with Gasteiger partial charge in [0.25, 0.3) is 0 Å². The van der Waals surface area contributed by atoms with Crippen LogP contribution in [-0.2, 0) is 16.0 Å². The fourth-order valence-corrected chi connectivity index (χ4v) is 3.25. The van der Waals surface area contributed by atoms with Crippen molar-refractivity contribution in [3.8, 4) is 0 Å². The summed E-state index contributed by atoms with van der Waals surface area (Å²) >= 11 is 3.43. The first-order valence-electron chi connectivity index (χ1n) is 7.94. The van der Waals surface area contributed by atoms with Gasteiger partial charge in [-0.1, -0.05) is 28.1 Å². The topological polar surface area (TPSA) is 87.3 Å². The number of fused-ring (bicyclic) bond motifs is 1. The van der Waals surface area contributed by atoms with Gasteiger partial charge in [0.05, 0.1) is 19.1 Å². The van der Waals surface area contributed by atoms with Gasteiger partial charge in [-0.05, 0) is 24.6 Å². The molecule has 2 unspecified atom stereocenters. The Kier molecular flexibility index (Phi) is 5.08. The third-order valence-electron chi connectivity index (χ3n) is 4.27. The van der Waals surface area contributed by atoms with Crippen LogP contribution in [0.1, 0.15) is 29.9 Å². The molecule has 2 atom stereocenters. The third kappa shape index (κ3) is 3.53. The molecule has 0 spiro atoms. The van der Waals surface area contributed by atoms with E-state index in [1.807, 2.05) is 24.3 Å². The van der Waals surface area contributed by atoms with Crippen LogP contribution < -0.4 is 5.32 Å². The largest absolute Gasteiger partial charge is 0.467 e. The second kappa shape index (κ2) is 7.26. The lowest BCUT2D eigenvalue weighted by Crippen LogP contribution is -2.50. The predicted octanol–water partition coefficient (Wildman–Crippen LogP) is 2.39. The van der Waals surface area contributed by atoms with Crippen molar-refractivity contribution < 1.29 is 14.3 Å². The first kappa shape index (κ1) is 17.5. The van der Waals surface area contributed by atoms with Crippen molar-refractivity contribution in [1.82, 2.24) is 20.2 Å². The molecule has 3 rings (SSSR count). The molecule has 0 bridgehead atoms. The van der Waals surface area contributed by atoms with Crippen molar-refractivity contribution >= 4 is 27.9 Å². The molecule has 25 heavy (non-hydrogen) atoms. The van der Waals surface area contributed by atoms with Gasteiger partial charge in [-0.15, -0.1) is 0 Å². The summed E-state index contributed by atoms with van der Waals surface area (Å²) in [5.74, 6) is -0.481. The highest BCUT2D eigenvalue weighted by Crippen LogP contribution is 2.33. The number of imidazole rings is 1. The van der Waals surface area contributed by atoms with E-state index in [0.717, 1.165) is 21.4 Å². The summed E-state index contributed by atoms with van der Waals surface area (Å²) in [6, 6.07) is 6.44. The Morgan fingerprint density at radius 2 is 2.12 bits per heavy atom. The van der Waals surface area contributed by atoms with Crippen molar-refractivity contribution in [3.05, 3.63) is 52.0 Å². The smallest absolute Gasteiger partial charge is 0.328 e. The third-order valence-corrected chi connectivity index (χ3v) is 4.79. The Morgan fingerprint density at radius 3 is 2.80 bits per heavy atom. The number of aromatic amines is 1. The molecule has 1 aliphatic heterocycles.